The van der Waals surface area contributed by atoms with Gasteiger partial charge < -0.3 is 5.73 Å². The lowest BCUT2D eigenvalue weighted by molar-refractivity contribution is 1.09. The van der Waals surface area contributed by atoms with Crippen LogP contribution in [-0.4, -0.2) is 11.2 Å². The largest absolute Gasteiger partial charge is 0.384 e. The fourth-order valence-electron chi connectivity index (χ4n) is 2.10. The topological polar surface area (TPSA) is 51.3 Å². The molecule has 84 valence electrons. The first kappa shape index (κ1) is 10.0. The highest BCUT2D eigenvalue weighted by Gasteiger charge is 2.09. The molecule has 1 aromatic carbocycles. The zero-order chi connectivity index (χ0) is 11.7. The van der Waals surface area contributed by atoms with Crippen molar-refractivity contribution in [3.8, 4) is 0 Å². The van der Waals surface area contributed by atoms with Crippen molar-refractivity contribution < 1.29 is 0 Å². The van der Waals surface area contributed by atoms with Crippen molar-refractivity contribution in [2.24, 2.45) is 4.99 Å². The fraction of sp³-hybridized carbons (Fsp3) is 0.143. The van der Waals surface area contributed by atoms with Gasteiger partial charge in [0.15, 0.2) is 0 Å². The van der Waals surface area contributed by atoms with Gasteiger partial charge in [0.2, 0.25) is 0 Å². The number of nitrogen functional groups attached to an aromatic ring is 1. The van der Waals surface area contributed by atoms with Crippen LogP contribution in [0, 0.1) is 0 Å². The molecular formula is C14H13N3. The fourth-order valence-corrected chi connectivity index (χ4v) is 2.10. The van der Waals surface area contributed by atoms with Crippen molar-refractivity contribution in [1.29, 1.82) is 0 Å². The van der Waals surface area contributed by atoms with Gasteiger partial charge in [0.05, 0.1) is 11.2 Å². The number of aromatic nitrogens is 1. The van der Waals surface area contributed by atoms with Gasteiger partial charge >= 0.3 is 0 Å². The van der Waals surface area contributed by atoms with Crippen molar-refractivity contribution in [2.75, 3.05) is 5.73 Å². The summed E-state index contributed by atoms with van der Waals surface area (Å²) in [6.07, 6.45) is 6.17. The van der Waals surface area contributed by atoms with Crippen LogP contribution in [-0.2, 0) is 0 Å². The summed E-state index contributed by atoms with van der Waals surface area (Å²) >= 11 is 0. The number of pyridine rings is 1. The molecule has 3 rings (SSSR count). The quantitative estimate of drug-likeness (QED) is 0.807. The second kappa shape index (κ2) is 4.01. The number of hydrogen-bond donors (Lipinski definition) is 1. The van der Waals surface area contributed by atoms with Crippen LogP contribution in [0.25, 0.3) is 16.6 Å². The number of nitrogens with zero attached hydrogens (tertiary/aromatic N) is 2. The van der Waals surface area contributed by atoms with E-state index in [1.807, 2.05) is 30.5 Å². The average Bonchev–Trinajstić information content (AvgIpc) is 2.39. The molecule has 1 aliphatic heterocycles. The Morgan fingerprint density at radius 1 is 1.12 bits per heavy atom. The third-order valence-corrected chi connectivity index (χ3v) is 2.88. The van der Waals surface area contributed by atoms with Gasteiger partial charge in [0, 0.05) is 17.2 Å². The van der Waals surface area contributed by atoms with Crippen LogP contribution >= 0.6 is 0 Å². The number of allylic oxidation sites excluding steroid dienone is 1. The molecule has 0 radical (unpaired) electrons. The Morgan fingerprint density at radius 2 is 2.00 bits per heavy atom. The first-order valence-electron chi connectivity index (χ1n) is 5.73. The average molecular weight is 223 g/mol. The molecule has 0 amide bonds. The number of anilines is 1. The molecule has 0 bridgehead atoms. The summed E-state index contributed by atoms with van der Waals surface area (Å²) in [5.74, 6) is 0.542. The number of rotatable bonds is 1. The van der Waals surface area contributed by atoms with E-state index in [1.54, 1.807) is 0 Å². The molecule has 2 aromatic rings. The van der Waals surface area contributed by atoms with Crippen LogP contribution in [0.5, 0.6) is 0 Å². The molecular weight excluding hydrogens is 210 g/mol. The molecule has 1 aromatic heterocycles. The van der Waals surface area contributed by atoms with Gasteiger partial charge in [-0.1, -0.05) is 24.3 Å². The monoisotopic (exact) mass is 223 g/mol. The Hall–Kier alpha value is -2.16. The summed E-state index contributed by atoms with van der Waals surface area (Å²) in [5.41, 5.74) is 8.84. The van der Waals surface area contributed by atoms with E-state index in [9.17, 15) is 0 Å². The molecule has 2 heterocycles. The molecule has 0 atom stereocenters. The first-order chi connectivity index (χ1) is 8.34. The Balaban J connectivity index is 2.27. The molecule has 1 aliphatic rings. The lowest BCUT2D eigenvalue weighted by Gasteiger charge is -2.10. The highest BCUT2D eigenvalue weighted by Crippen LogP contribution is 2.28. The lowest BCUT2D eigenvalue weighted by Crippen LogP contribution is -1.96. The third-order valence-electron chi connectivity index (χ3n) is 2.88. The van der Waals surface area contributed by atoms with Crippen LogP contribution in [0.1, 0.15) is 18.4 Å². The molecule has 0 saturated carbocycles. The van der Waals surface area contributed by atoms with Gasteiger partial charge in [-0.15, -0.1) is 0 Å². The number of aliphatic imine (C=N–C) groups is 1. The van der Waals surface area contributed by atoms with Gasteiger partial charge in [-0.2, -0.15) is 0 Å². The smallest absolute Gasteiger partial charge is 0.124 e. The summed E-state index contributed by atoms with van der Waals surface area (Å²) in [6.45, 7) is 0. The molecule has 0 saturated heterocycles. The van der Waals surface area contributed by atoms with Crippen LogP contribution in [0.4, 0.5) is 5.82 Å². The number of para-hydroxylation sites is 1. The molecule has 3 heteroatoms. The molecule has 0 unspecified atom stereocenters. The maximum atomic E-state index is 5.84. The summed E-state index contributed by atoms with van der Waals surface area (Å²) in [6, 6.07) is 9.91. The molecule has 3 nitrogen and oxygen atoms in total. The van der Waals surface area contributed by atoms with Gasteiger partial charge in [0.1, 0.15) is 5.82 Å². The molecule has 17 heavy (non-hydrogen) atoms. The van der Waals surface area contributed by atoms with Crippen molar-refractivity contribution in [3.63, 3.8) is 0 Å². The predicted octanol–water partition coefficient (Wildman–Crippen LogP) is 3.02. The summed E-state index contributed by atoms with van der Waals surface area (Å²) < 4.78 is 0. The predicted molar refractivity (Wildman–Crippen MR) is 71.9 cm³/mol. The Labute approximate surface area is 99.7 Å². The summed E-state index contributed by atoms with van der Waals surface area (Å²) in [5, 5.41) is 1.10. The van der Waals surface area contributed by atoms with E-state index in [-0.39, 0.29) is 0 Å². The zero-order valence-electron chi connectivity index (χ0n) is 9.43. The minimum absolute atomic E-state index is 0.542. The van der Waals surface area contributed by atoms with E-state index in [2.05, 4.69) is 22.1 Å². The van der Waals surface area contributed by atoms with E-state index in [4.69, 9.17) is 5.73 Å². The van der Waals surface area contributed by atoms with Crippen LogP contribution in [0.3, 0.4) is 0 Å². The molecule has 2 N–H and O–H groups in total. The van der Waals surface area contributed by atoms with E-state index in [1.165, 1.54) is 0 Å². The maximum Gasteiger partial charge on any atom is 0.124 e. The lowest BCUT2D eigenvalue weighted by atomic mass is 10.0. The standard InChI is InChI=1S/C14H13N3/c15-14-9-11(12-6-3-4-8-16-12)10-5-1-2-7-13(10)17-14/h1-2,5-9H,3-4H2,(H2,15,17). The minimum atomic E-state index is 0.542. The molecule has 0 aliphatic carbocycles. The van der Waals surface area contributed by atoms with Crippen molar-refractivity contribution in [1.82, 2.24) is 4.98 Å². The SMILES string of the molecule is Nc1cc(C2=CCCC=N2)c2ccccc2n1. The van der Waals surface area contributed by atoms with Crippen molar-refractivity contribution in [3.05, 3.63) is 42.0 Å². The van der Waals surface area contributed by atoms with Crippen LogP contribution in [0.2, 0.25) is 0 Å². The number of hydrogen-bond acceptors (Lipinski definition) is 3. The Morgan fingerprint density at radius 3 is 2.82 bits per heavy atom. The summed E-state index contributed by atoms with van der Waals surface area (Å²) in [4.78, 5) is 8.77. The Kier molecular flexibility index (Phi) is 2.37. The number of nitrogens with two attached hydrogens (primary N) is 1. The second-order valence-corrected chi connectivity index (χ2v) is 4.09. The normalized spacial score (nSPS) is 14.9. The van der Waals surface area contributed by atoms with E-state index in [0.29, 0.717) is 5.82 Å². The highest BCUT2D eigenvalue weighted by atomic mass is 14.8. The number of fused-ring (bicyclic) bond motifs is 1. The van der Waals surface area contributed by atoms with Crippen LogP contribution in [0.15, 0.2) is 41.4 Å². The minimum Gasteiger partial charge on any atom is -0.384 e. The zero-order valence-corrected chi connectivity index (χ0v) is 9.43. The van der Waals surface area contributed by atoms with Gasteiger partial charge in [0.25, 0.3) is 0 Å². The van der Waals surface area contributed by atoms with Crippen molar-refractivity contribution >= 4 is 28.6 Å². The molecule has 0 fully saturated rings. The third kappa shape index (κ3) is 1.80. The van der Waals surface area contributed by atoms with Gasteiger partial charge in [-0.3, -0.25) is 4.99 Å². The second-order valence-electron chi connectivity index (χ2n) is 4.09. The molecule has 0 spiro atoms. The van der Waals surface area contributed by atoms with Crippen molar-refractivity contribution in [2.45, 2.75) is 12.8 Å². The Bertz CT molecular complexity index is 626. The number of benzene rings is 1. The van der Waals surface area contributed by atoms with Crippen LogP contribution < -0.4 is 5.73 Å². The highest BCUT2D eigenvalue weighted by molar-refractivity contribution is 5.94. The van der Waals surface area contributed by atoms with E-state index < -0.39 is 0 Å². The van der Waals surface area contributed by atoms with E-state index in [0.717, 1.165) is 35.0 Å². The van der Waals surface area contributed by atoms with Gasteiger partial charge in [-0.25, -0.2) is 4.98 Å². The summed E-state index contributed by atoms with van der Waals surface area (Å²) in [7, 11) is 0. The first-order valence-corrected chi connectivity index (χ1v) is 5.73. The van der Waals surface area contributed by atoms with Gasteiger partial charge in [-0.05, 0) is 25.0 Å². The maximum absolute atomic E-state index is 5.84. The van der Waals surface area contributed by atoms with E-state index >= 15 is 0 Å².